The minimum atomic E-state index is 0.263. The highest BCUT2D eigenvalue weighted by atomic mass is 16.5. The van der Waals surface area contributed by atoms with Crippen molar-refractivity contribution >= 4 is 6.21 Å². The second-order valence-corrected chi connectivity index (χ2v) is 13.2. The molecule has 0 saturated heterocycles. The molecule has 0 radical (unpaired) electrons. The van der Waals surface area contributed by atoms with E-state index in [0.29, 0.717) is 0 Å². The summed E-state index contributed by atoms with van der Waals surface area (Å²) in [5.74, 6) is 1.02. The first-order valence-electron chi connectivity index (χ1n) is 19.2. The predicted octanol–water partition coefficient (Wildman–Crippen LogP) is 13.5. The lowest BCUT2D eigenvalue weighted by Crippen LogP contribution is -1.97. The zero-order valence-corrected chi connectivity index (χ0v) is 29.0. The molecular formula is C40H73NO2. The maximum Gasteiger partial charge on any atom is 0.128 e. The zero-order chi connectivity index (χ0) is 30.9. The molecule has 0 aliphatic heterocycles. The van der Waals surface area contributed by atoms with Crippen molar-refractivity contribution in [3.05, 3.63) is 23.8 Å². The Morgan fingerprint density at radius 2 is 0.884 bits per heavy atom. The Balaban J connectivity index is 1.91. The van der Waals surface area contributed by atoms with E-state index in [-0.39, 0.29) is 5.75 Å². The summed E-state index contributed by atoms with van der Waals surface area (Å²) in [6.07, 6.45) is 41.6. The summed E-state index contributed by atoms with van der Waals surface area (Å²) in [6.45, 7) is 6.14. The number of benzene rings is 1. The summed E-state index contributed by atoms with van der Waals surface area (Å²) in [6, 6.07) is 5.61. The van der Waals surface area contributed by atoms with Gasteiger partial charge in [0.05, 0.1) is 6.61 Å². The van der Waals surface area contributed by atoms with Crippen LogP contribution in [0.15, 0.2) is 23.2 Å². The van der Waals surface area contributed by atoms with Crippen LogP contribution >= 0.6 is 0 Å². The number of phenols is 1. The van der Waals surface area contributed by atoms with Gasteiger partial charge in [0.2, 0.25) is 0 Å². The minimum Gasteiger partial charge on any atom is -0.507 e. The van der Waals surface area contributed by atoms with E-state index in [1.807, 2.05) is 18.3 Å². The van der Waals surface area contributed by atoms with Gasteiger partial charge in [0, 0.05) is 24.4 Å². The van der Waals surface area contributed by atoms with Crippen molar-refractivity contribution in [2.24, 2.45) is 4.99 Å². The van der Waals surface area contributed by atoms with Gasteiger partial charge in [-0.25, -0.2) is 0 Å². The van der Waals surface area contributed by atoms with E-state index >= 15 is 0 Å². The van der Waals surface area contributed by atoms with E-state index < -0.39 is 0 Å². The largest absolute Gasteiger partial charge is 0.507 e. The number of unbranched alkanes of at least 4 members (excludes halogenated alkanes) is 27. The van der Waals surface area contributed by atoms with Gasteiger partial charge >= 0.3 is 0 Å². The van der Waals surface area contributed by atoms with Crippen molar-refractivity contribution in [2.45, 2.75) is 200 Å². The van der Waals surface area contributed by atoms with Gasteiger partial charge in [-0.3, -0.25) is 4.99 Å². The Labute approximate surface area is 269 Å². The van der Waals surface area contributed by atoms with Crippen LogP contribution in [0.4, 0.5) is 0 Å². The topological polar surface area (TPSA) is 41.8 Å². The molecule has 0 saturated carbocycles. The number of hydrogen-bond donors (Lipinski definition) is 1. The highest BCUT2D eigenvalue weighted by Gasteiger charge is 2.02. The number of phenolic OH excluding ortho intramolecular Hbond substituents is 1. The molecule has 1 rings (SSSR count). The molecule has 0 bridgehead atoms. The Morgan fingerprint density at radius 1 is 0.512 bits per heavy atom. The van der Waals surface area contributed by atoms with Crippen LogP contribution in [-0.2, 0) is 0 Å². The smallest absolute Gasteiger partial charge is 0.128 e. The second kappa shape index (κ2) is 31.9. The molecule has 3 heteroatoms. The van der Waals surface area contributed by atoms with Crippen molar-refractivity contribution in [1.29, 1.82) is 0 Å². The molecule has 0 amide bonds. The third-order valence-electron chi connectivity index (χ3n) is 8.89. The number of aliphatic imine (C=N–C) groups is 1. The Hall–Kier alpha value is -1.51. The number of aromatic hydroxyl groups is 1. The summed E-state index contributed by atoms with van der Waals surface area (Å²) in [5.41, 5.74) is 0.782. The van der Waals surface area contributed by atoms with Gasteiger partial charge in [0.15, 0.2) is 0 Å². The molecule has 0 fully saturated rings. The van der Waals surface area contributed by atoms with Crippen molar-refractivity contribution in [1.82, 2.24) is 0 Å². The molecule has 1 aromatic rings. The summed E-state index contributed by atoms with van der Waals surface area (Å²) in [4.78, 5) is 4.55. The molecular weight excluding hydrogens is 526 g/mol. The average Bonchev–Trinajstić information content (AvgIpc) is 3.01. The van der Waals surface area contributed by atoms with Crippen molar-refractivity contribution in [3.63, 3.8) is 0 Å². The monoisotopic (exact) mass is 600 g/mol. The summed E-state index contributed by atoms with van der Waals surface area (Å²) < 4.78 is 5.88. The van der Waals surface area contributed by atoms with Gasteiger partial charge in [-0.2, -0.15) is 0 Å². The van der Waals surface area contributed by atoms with Crippen LogP contribution in [0, 0.1) is 0 Å². The first-order valence-corrected chi connectivity index (χ1v) is 19.2. The Bertz CT molecular complexity index is 731. The van der Waals surface area contributed by atoms with E-state index in [0.717, 1.165) is 37.3 Å². The third kappa shape index (κ3) is 26.6. The maximum absolute atomic E-state index is 10.4. The van der Waals surface area contributed by atoms with Crippen LogP contribution in [0.1, 0.15) is 206 Å². The lowest BCUT2D eigenvalue weighted by molar-refractivity contribution is 0.302. The molecule has 3 nitrogen and oxygen atoms in total. The molecule has 0 spiro atoms. The normalized spacial score (nSPS) is 11.6. The summed E-state index contributed by atoms with van der Waals surface area (Å²) in [7, 11) is 0. The van der Waals surface area contributed by atoms with Gasteiger partial charge in [0.25, 0.3) is 0 Å². The summed E-state index contributed by atoms with van der Waals surface area (Å²) >= 11 is 0. The highest BCUT2D eigenvalue weighted by molar-refractivity contribution is 5.83. The quantitative estimate of drug-likeness (QED) is 0.0645. The molecule has 0 aliphatic carbocycles. The number of ether oxygens (including phenoxy) is 1. The predicted molar refractivity (Wildman–Crippen MR) is 191 cm³/mol. The molecule has 43 heavy (non-hydrogen) atoms. The van der Waals surface area contributed by atoms with Crippen LogP contribution in [0.2, 0.25) is 0 Å². The Morgan fingerprint density at radius 3 is 1.28 bits per heavy atom. The highest BCUT2D eigenvalue weighted by Crippen LogP contribution is 2.23. The first kappa shape index (κ1) is 39.5. The van der Waals surface area contributed by atoms with Crippen molar-refractivity contribution < 1.29 is 9.84 Å². The fourth-order valence-electron chi connectivity index (χ4n) is 5.95. The SMILES string of the molecule is CCCCCCCCCCCCCCCCCCN=Cc1ccc(OCCCCCCCCCCCCCCC)cc1O. The number of nitrogens with zero attached hydrogens (tertiary/aromatic N) is 1. The lowest BCUT2D eigenvalue weighted by Gasteiger charge is -2.08. The van der Waals surface area contributed by atoms with Crippen molar-refractivity contribution in [3.8, 4) is 11.5 Å². The maximum atomic E-state index is 10.4. The molecule has 0 aromatic heterocycles. The fraction of sp³-hybridized carbons (Fsp3) is 0.825. The average molecular weight is 600 g/mol. The lowest BCUT2D eigenvalue weighted by atomic mass is 10.0. The van der Waals surface area contributed by atoms with Gasteiger partial charge in [-0.15, -0.1) is 0 Å². The van der Waals surface area contributed by atoms with Crippen LogP contribution in [0.25, 0.3) is 0 Å². The molecule has 0 unspecified atom stereocenters. The van der Waals surface area contributed by atoms with Crippen LogP contribution < -0.4 is 4.74 Å². The second-order valence-electron chi connectivity index (χ2n) is 13.2. The Kier molecular flexibility index (Phi) is 29.3. The molecule has 0 heterocycles. The molecule has 0 atom stereocenters. The molecule has 0 aliphatic rings. The molecule has 250 valence electrons. The molecule has 1 aromatic carbocycles. The minimum absolute atomic E-state index is 0.263. The van der Waals surface area contributed by atoms with Crippen molar-refractivity contribution in [2.75, 3.05) is 13.2 Å². The van der Waals surface area contributed by atoms with Gasteiger partial charge < -0.3 is 9.84 Å². The van der Waals surface area contributed by atoms with Crippen LogP contribution in [0.3, 0.4) is 0 Å². The zero-order valence-electron chi connectivity index (χ0n) is 29.0. The third-order valence-corrected chi connectivity index (χ3v) is 8.89. The number of hydrogen-bond acceptors (Lipinski definition) is 3. The van der Waals surface area contributed by atoms with E-state index in [1.54, 1.807) is 6.07 Å². The van der Waals surface area contributed by atoms with Gasteiger partial charge in [0.1, 0.15) is 11.5 Å². The van der Waals surface area contributed by atoms with E-state index in [1.165, 1.54) is 173 Å². The standard InChI is InChI=1S/C40H73NO2/c1-3-5-7-9-11-13-15-17-18-19-20-22-24-26-28-30-34-41-37-38-32-33-39(36-40(38)42)43-35-31-29-27-25-23-21-16-14-12-10-8-6-4-2/h32-33,36-37,42H,3-31,34-35H2,1-2H3. The number of rotatable bonds is 33. The van der Waals surface area contributed by atoms with E-state index in [9.17, 15) is 5.11 Å². The summed E-state index contributed by atoms with van der Waals surface area (Å²) in [5, 5.41) is 10.4. The van der Waals surface area contributed by atoms with Gasteiger partial charge in [-0.05, 0) is 25.0 Å². The van der Waals surface area contributed by atoms with E-state index in [4.69, 9.17) is 4.74 Å². The molecule has 1 N–H and O–H groups in total. The fourth-order valence-corrected chi connectivity index (χ4v) is 5.95. The van der Waals surface area contributed by atoms with Crippen LogP contribution in [0.5, 0.6) is 11.5 Å². The first-order chi connectivity index (χ1) is 21.3. The van der Waals surface area contributed by atoms with E-state index in [2.05, 4.69) is 18.8 Å². The van der Waals surface area contributed by atoms with Crippen LogP contribution in [-0.4, -0.2) is 24.5 Å². The van der Waals surface area contributed by atoms with Gasteiger partial charge in [-0.1, -0.05) is 187 Å².